The van der Waals surface area contributed by atoms with Crippen LogP contribution in [-0.4, -0.2) is 30.2 Å². The molecule has 1 aliphatic rings. The van der Waals surface area contributed by atoms with E-state index in [1.165, 1.54) is 12.1 Å². The fourth-order valence-corrected chi connectivity index (χ4v) is 2.00. The predicted octanol–water partition coefficient (Wildman–Crippen LogP) is 1.54. The van der Waals surface area contributed by atoms with E-state index in [9.17, 15) is 5.11 Å². The second kappa shape index (κ2) is 5.53. The highest BCUT2D eigenvalue weighted by Crippen LogP contribution is 2.17. The van der Waals surface area contributed by atoms with Crippen molar-refractivity contribution >= 4 is 17.3 Å². The van der Waals surface area contributed by atoms with E-state index in [1.54, 1.807) is 0 Å². The zero-order chi connectivity index (χ0) is 11.4. The maximum Gasteiger partial charge on any atom is 0.0715 e. The fraction of sp³-hybridized carbons (Fsp3) is 0.500. The van der Waals surface area contributed by atoms with Crippen molar-refractivity contribution in [3.63, 3.8) is 0 Å². The van der Waals surface area contributed by atoms with E-state index in [2.05, 4.69) is 22.6 Å². The zero-order valence-electron chi connectivity index (χ0n) is 9.19. The lowest BCUT2D eigenvalue weighted by molar-refractivity contribution is 0.199. The number of benzene rings is 1. The standard InChI is InChI=1S/C12H17ClN2O/c13-9-12(16)8-10-2-4-11(5-3-10)15-7-1-6-14-15/h2-5,12,14,16H,1,6-9H2. The quantitative estimate of drug-likeness (QED) is 0.784. The number of nitrogens with zero attached hydrogens (tertiary/aromatic N) is 1. The summed E-state index contributed by atoms with van der Waals surface area (Å²) in [5.41, 5.74) is 5.61. The Morgan fingerprint density at radius 1 is 1.38 bits per heavy atom. The molecule has 0 saturated carbocycles. The summed E-state index contributed by atoms with van der Waals surface area (Å²) in [6, 6.07) is 8.25. The second-order valence-electron chi connectivity index (χ2n) is 4.09. The minimum atomic E-state index is -0.447. The minimum Gasteiger partial charge on any atom is -0.392 e. The van der Waals surface area contributed by atoms with E-state index >= 15 is 0 Å². The number of hydrogen-bond donors (Lipinski definition) is 2. The molecule has 2 N–H and O–H groups in total. The molecule has 1 atom stereocenters. The van der Waals surface area contributed by atoms with Crippen LogP contribution in [0.4, 0.5) is 5.69 Å². The van der Waals surface area contributed by atoms with Crippen LogP contribution >= 0.6 is 11.6 Å². The lowest BCUT2D eigenvalue weighted by atomic mass is 10.1. The molecule has 1 fully saturated rings. The number of aliphatic hydroxyl groups excluding tert-OH is 1. The molecule has 1 heterocycles. The van der Waals surface area contributed by atoms with Gasteiger partial charge in [-0.2, -0.15) is 0 Å². The Kier molecular flexibility index (Phi) is 4.04. The van der Waals surface area contributed by atoms with Crippen LogP contribution in [0.5, 0.6) is 0 Å². The van der Waals surface area contributed by atoms with Crippen molar-refractivity contribution < 1.29 is 5.11 Å². The molecule has 0 radical (unpaired) electrons. The number of nitrogens with one attached hydrogen (secondary N) is 1. The van der Waals surface area contributed by atoms with Crippen molar-refractivity contribution in [2.45, 2.75) is 18.9 Å². The smallest absolute Gasteiger partial charge is 0.0715 e. The van der Waals surface area contributed by atoms with E-state index in [-0.39, 0.29) is 5.88 Å². The van der Waals surface area contributed by atoms with Gasteiger partial charge in [-0.15, -0.1) is 11.6 Å². The van der Waals surface area contributed by atoms with Gasteiger partial charge in [-0.05, 0) is 30.5 Å². The van der Waals surface area contributed by atoms with E-state index in [1.807, 2.05) is 12.1 Å². The molecule has 16 heavy (non-hydrogen) atoms. The number of aliphatic hydroxyl groups is 1. The first-order chi connectivity index (χ1) is 7.79. The van der Waals surface area contributed by atoms with Crippen molar-refractivity contribution in [2.75, 3.05) is 24.0 Å². The molecule has 3 nitrogen and oxygen atoms in total. The Hall–Kier alpha value is -0.770. The van der Waals surface area contributed by atoms with Gasteiger partial charge in [0, 0.05) is 19.0 Å². The van der Waals surface area contributed by atoms with E-state index in [4.69, 9.17) is 11.6 Å². The van der Waals surface area contributed by atoms with Gasteiger partial charge in [0.05, 0.1) is 11.8 Å². The Morgan fingerprint density at radius 3 is 2.69 bits per heavy atom. The van der Waals surface area contributed by atoms with E-state index < -0.39 is 6.10 Å². The van der Waals surface area contributed by atoms with E-state index in [0.29, 0.717) is 6.42 Å². The molecule has 0 aromatic heterocycles. The predicted molar refractivity (Wildman–Crippen MR) is 66.8 cm³/mol. The van der Waals surface area contributed by atoms with E-state index in [0.717, 1.165) is 18.7 Å². The van der Waals surface area contributed by atoms with Crippen LogP contribution in [-0.2, 0) is 6.42 Å². The molecule has 4 heteroatoms. The Bertz CT molecular complexity index is 322. The summed E-state index contributed by atoms with van der Waals surface area (Å²) < 4.78 is 0. The summed E-state index contributed by atoms with van der Waals surface area (Å²) in [6.45, 7) is 2.11. The summed E-state index contributed by atoms with van der Waals surface area (Å²) >= 11 is 5.57. The van der Waals surface area contributed by atoms with Crippen LogP contribution in [0.3, 0.4) is 0 Å². The first kappa shape index (κ1) is 11.7. The number of hydrogen-bond acceptors (Lipinski definition) is 3. The van der Waals surface area contributed by atoms with Crippen LogP contribution < -0.4 is 10.4 Å². The van der Waals surface area contributed by atoms with Gasteiger partial charge in [-0.25, -0.2) is 5.43 Å². The van der Waals surface area contributed by atoms with Crippen molar-refractivity contribution in [3.05, 3.63) is 29.8 Å². The van der Waals surface area contributed by atoms with Crippen LogP contribution in [0, 0.1) is 0 Å². The van der Waals surface area contributed by atoms with Gasteiger partial charge in [0.2, 0.25) is 0 Å². The van der Waals surface area contributed by atoms with Crippen molar-refractivity contribution in [3.8, 4) is 0 Å². The number of hydrazine groups is 1. The number of rotatable bonds is 4. The highest BCUT2D eigenvalue weighted by Gasteiger charge is 2.11. The Morgan fingerprint density at radius 2 is 2.12 bits per heavy atom. The van der Waals surface area contributed by atoms with Gasteiger partial charge in [0.1, 0.15) is 0 Å². The van der Waals surface area contributed by atoms with Crippen LogP contribution in [0.1, 0.15) is 12.0 Å². The van der Waals surface area contributed by atoms with Crippen molar-refractivity contribution in [1.82, 2.24) is 5.43 Å². The number of alkyl halides is 1. The SMILES string of the molecule is OC(CCl)Cc1ccc(N2CCCN2)cc1. The number of halogens is 1. The van der Waals surface area contributed by atoms with Gasteiger partial charge in [0.25, 0.3) is 0 Å². The topological polar surface area (TPSA) is 35.5 Å². The van der Waals surface area contributed by atoms with Crippen LogP contribution in [0.15, 0.2) is 24.3 Å². The summed E-state index contributed by atoms with van der Waals surface area (Å²) in [5, 5.41) is 11.6. The maximum absolute atomic E-state index is 9.44. The second-order valence-corrected chi connectivity index (χ2v) is 4.40. The van der Waals surface area contributed by atoms with Gasteiger partial charge in [-0.1, -0.05) is 12.1 Å². The normalized spacial score (nSPS) is 17.8. The summed E-state index contributed by atoms with van der Waals surface area (Å²) in [4.78, 5) is 0. The zero-order valence-corrected chi connectivity index (χ0v) is 9.95. The molecular weight excluding hydrogens is 224 g/mol. The molecule has 0 aliphatic carbocycles. The summed E-state index contributed by atoms with van der Waals surface area (Å²) in [6.07, 6.45) is 1.36. The van der Waals surface area contributed by atoms with Crippen molar-refractivity contribution in [2.24, 2.45) is 0 Å². The van der Waals surface area contributed by atoms with Crippen molar-refractivity contribution in [1.29, 1.82) is 0 Å². The molecule has 1 aliphatic heterocycles. The molecule has 2 rings (SSSR count). The fourth-order valence-electron chi connectivity index (χ4n) is 1.89. The third-order valence-corrected chi connectivity index (χ3v) is 3.11. The minimum absolute atomic E-state index is 0.287. The average molecular weight is 241 g/mol. The molecule has 1 aromatic rings. The largest absolute Gasteiger partial charge is 0.392 e. The Balaban J connectivity index is 1.98. The summed E-state index contributed by atoms with van der Waals surface area (Å²) in [7, 11) is 0. The lowest BCUT2D eigenvalue weighted by Crippen LogP contribution is -2.30. The molecule has 0 spiro atoms. The van der Waals surface area contributed by atoms with Gasteiger partial charge >= 0.3 is 0 Å². The molecular formula is C12H17ClN2O. The third kappa shape index (κ3) is 2.88. The van der Waals surface area contributed by atoms with Gasteiger partial charge in [0.15, 0.2) is 0 Å². The lowest BCUT2D eigenvalue weighted by Gasteiger charge is -2.18. The monoisotopic (exact) mass is 240 g/mol. The van der Waals surface area contributed by atoms with Gasteiger partial charge in [-0.3, -0.25) is 0 Å². The third-order valence-electron chi connectivity index (χ3n) is 2.76. The van der Waals surface area contributed by atoms with Gasteiger partial charge < -0.3 is 10.1 Å². The number of anilines is 1. The maximum atomic E-state index is 9.44. The molecule has 88 valence electrons. The Labute approximate surface area is 101 Å². The molecule has 1 saturated heterocycles. The van der Waals surface area contributed by atoms with Crippen LogP contribution in [0.2, 0.25) is 0 Å². The molecule has 0 amide bonds. The molecule has 1 aromatic carbocycles. The highest BCUT2D eigenvalue weighted by molar-refractivity contribution is 6.18. The highest BCUT2D eigenvalue weighted by atomic mass is 35.5. The molecule has 1 unspecified atom stereocenters. The molecule has 0 bridgehead atoms. The first-order valence-electron chi connectivity index (χ1n) is 5.63. The summed E-state index contributed by atoms with van der Waals surface area (Å²) in [5.74, 6) is 0.287. The van der Waals surface area contributed by atoms with Crippen LogP contribution in [0.25, 0.3) is 0 Å². The first-order valence-corrected chi connectivity index (χ1v) is 6.17. The average Bonchev–Trinajstić information content (AvgIpc) is 2.83.